The summed E-state index contributed by atoms with van der Waals surface area (Å²) in [4.78, 5) is 3.74. The zero-order chi connectivity index (χ0) is 33.2. The van der Waals surface area contributed by atoms with E-state index < -0.39 is 0 Å². The molecule has 2 atom stereocenters. The zero-order valence-corrected chi connectivity index (χ0v) is 32.5. The summed E-state index contributed by atoms with van der Waals surface area (Å²) >= 11 is 0. The fourth-order valence-electron chi connectivity index (χ4n) is 7.66. The normalized spacial score (nSPS) is 13.0. The summed E-state index contributed by atoms with van der Waals surface area (Å²) in [7, 11) is 0. The lowest BCUT2D eigenvalue weighted by Gasteiger charge is -2.17. The Morgan fingerprint density at radius 1 is 0.413 bits per heavy atom. The van der Waals surface area contributed by atoms with Crippen LogP contribution in [0.3, 0.4) is 0 Å². The van der Waals surface area contributed by atoms with Crippen LogP contribution >= 0.6 is 0 Å². The Morgan fingerprint density at radius 3 is 1.04 bits per heavy atom. The van der Waals surface area contributed by atoms with E-state index in [0.29, 0.717) is 12.0 Å². The molecule has 2 nitrogen and oxygen atoms in total. The molecule has 0 amide bonds. The first kappa shape index (κ1) is 43.2. The molecule has 0 saturated heterocycles. The fourth-order valence-corrected chi connectivity index (χ4v) is 7.66. The largest absolute Gasteiger partial charge is 0.257 e. The van der Waals surface area contributed by atoms with Crippen LogP contribution in [0, 0.1) is 0 Å². The minimum atomic E-state index is 0.618. The molecule has 1 aromatic rings. The highest BCUT2D eigenvalue weighted by Crippen LogP contribution is 2.27. The molecule has 2 heteroatoms. The third-order valence-corrected chi connectivity index (χ3v) is 10.9. The molecule has 1 rings (SSSR count). The second-order valence-electron chi connectivity index (χ2n) is 15.4. The van der Waals surface area contributed by atoms with Gasteiger partial charge in [-0.2, -0.15) is 0 Å². The van der Waals surface area contributed by atoms with Crippen molar-refractivity contribution in [3.05, 3.63) is 18.2 Å². The molecule has 0 bridgehead atoms. The van der Waals surface area contributed by atoms with Crippen molar-refractivity contribution >= 4 is 0 Å². The van der Waals surface area contributed by atoms with Gasteiger partial charge in [0.2, 0.25) is 0 Å². The van der Waals surface area contributed by atoms with Gasteiger partial charge in [-0.3, -0.25) is 0 Å². The molecule has 0 aliphatic rings. The van der Waals surface area contributed by atoms with E-state index in [1.54, 1.807) is 0 Å². The van der Waals surface area contributed by atoms with Crippen molar-refractivity contribution in [2.75, 3.05) is 0 Å². The van der Waals surface area contributed by atoms with Crippen molar-refractivity contribution < 1.29 is 4.57 Å². The van der Waals surface area contributed by atoms with Crippen molar-refractivity contribution in [1.29, 1.82) is 0 Å². The summed E-state index contributed by atoms with van der Waals surface area (Å²) in [5.74, 6) is 2.24. The summed E-state index contributed by atoms with van der Waals surface area (Å²) in [5.41, 5.74) is 0. The molecule has 0 aliphatic carbocycles. The number of hydrogen-bond donors (Lipinski definition) is 1. The highest BCUT2D eigenvalue weighted by Gasteiger charge is 2.25. The van der Waals surface area contributed by atoms with Crippen LogP contribution in [0.5, 0.6) is 0 Å². The predicted molar refractivity (Wildman–Crippen MR) is 207 cm³/mol. The number of imidazole rings is 1. The standard InChI is InChI=1S/C44H86N2/c1-5-8-11-13-15-17-19-21-22-23-24-25-27-29-31-33-36-39-43(44-45-40-41-46(44)42(4)37-34-10-7-3)38-35-32-30-28-26-20-18-16-14-12-9-6-2/h40-43H,5-39H2,1-4H3/p+1. The first-order chi connectivity index (χ1) is 22.7. The summed E-state index contributed by atoms with van der Waals surface area (Å²) in [5, 5.41) is 0. The van der Waals surface area contributed by atoms with E-state index in [1.807, 2.05) is 0 Å². The Labute approximate surface area is 291 Å². The van der Waals surface area contributed by atoms with Gasteiger partial charge >= 0.3 is 0 Å². The first-order valence-corrected chi connectivity index (χ1v) is 21.8. The fraction of sp³-hybridized carbons (Fsp3) is 0.932. The van der Waals surface area contributed by atoms with Gasteiger partial charge in [-0.25, -0.2) is 9.55 Å². The number of H-pyrrole nitrogens is 1. The lowest BCUT2D eigenvalue weighted by atomic mass is 9.92. The minimum absolute atomic E-state index is 0.618. The van der Waals surface area contributed by atoms with E-state index in [9.17, 15) is 0 Å². The predicted octanol–water partition coefficient (Wildman–Crippen LogP) is 15.7. The molecule has 0 radical (unpaired) electrons. The quantitative estimate of drug-likeness (QED) is 0.0550. The van der Waals surface area contributed by atoms with Gasteiger partial charge in [0.05, 0.1) is 12.0 Å². The number of aromatic amines is 1. The topological polar surface area (TPSA) is 19.7 Å². The Bertz CT molecular complexity index is 709. The van der Waals surface area contributed by atoms with Gasteiger partial charge in [0.25, 0.3) is 5.82 Å². The van der Waals surface area contributed by atoms with Crippen LogP contribution in [0.1, 0.15) is 270 Å². The van der Waals surface area contributed by atoms with Crippen LogP contribution in [0.25, 0.3) is 0 Å². The Balaban J connectivity index is 2.25. The maximum absolute atomic E-state index is 3.74. The molecule has 0 spiro atoms. The second-order valence-corrected chi connectivity index (χ2v) is 15.4. The van der Waals surface area contributed by atoms with Crippen molar-refractivity contribution in [2.24, 2.45) is 0 Å². The van der Waals surface area contributed by atoms with E-state index in [0.717, 1.165) is 0 Å². The number of hydrogen-bond acceptors (Lipinski definition) is 0. The number of rotatable bonds is 37. The third-order valence-electron chi connectivity index (χ3n) is 10.9. The zero-order valence-electron chi connectivity index (χ0n) is 32.5. The van der Waals surface area contributed by atoms with Gasteiger partial charge in [0.15, 0.2) is 0 Å². The first-order valence-electron chi connectivity index (χ1n) is 21.8. The smallest absolute Gasteiger partial charge is 0.247 e. The Hall–Kier alpha value is -0.790. The molecule has 0 fully saturated rings. The Morgan fingerprint density at radius 2 is 0.696 bits per heavy atom. The van der Waals surface area contributed by atoms with Crippen LogP contribution in [0.15, 0.2) is 12.4 Å². The van der Waals surface area contributed by atoms with Crippen molar-refractivity contribution in [2.45, 2.75) is 264 Å². The van der Waals surface area contributed by atoms with Crippen LogP contribution in [-0.2, 0) is 0 Å². The van der Waals surface area contributed by atoms with E-state index in [1.165, 1.54) is 231 Å². The molecule has 1 aromatic heterocycles. The molecule has 0 aromatic carbocycles. The maximum atomic E-state index is 3.74. The average Bonchev–Trinajstić information content (AvgIpc) is 3.56. The number of nitrogens with one attached hydrogen (secondary N) is 1. The van der Waals surface area contributed by atoms with Gasteiger partial charge in [0.1, 0.15) is 12.4 Å². The number of aromatic nitrogens is 2. The van der Waals surface area contributed by atoms with Crippen LogP contribution < -0.4 is 4.57 Å². The van der Waals surface area contributed by atoms with Gasteiger partial charge in [-0.1, -0.05) is 220 Å². The van der Waals surface area contributed by atoms with Gasteiger partial charge < -0.3 is 0 Å². The molecule has 0 aliphatic heterocycles. The third kappa shape index (κ3) is 25.3. The highest BCUT2D eigenvalue weighted by atomic mass is 15.1. The van der Waals surface area contributed by atoms with Crippen molar-refractivity contribution in [1.82, 2.24) is 4.98 Å². The minimum Gasteiger partial charge on any atom is -0.247 e. The molecular formula is C44H87N2+. The highest BCUT2D eigenvalue weighted by molar-refractivity contribution is 4.90. The molecule has 0 saturated carbocycles. The second kappa shape index (κ2) is 34.1. The maximum Gasteiger partial charge on any atom is 0.257 e. The number of unbranched alkanes of at least 4 members (excludes halogenated alkanes) is 29. The lowest BCUT2D eigenvalue weighted by molar-refractivity contribution is -0.727. The van der Waals surface area contributed by atoms with E-state index in [4.69, 9.17) is 0 Å². The summed E-state index contributed by atoms with van der Waals surface area (Å²) in [6.45, 7) is 9.40. The van der Waals surface area contributed by atoms with Crippen LogP contribution in [-0.4, -0.2) is 4.98 Å². The molecule has 1 heterocycles. The Kier molecular flexibility index (Phi) is 32.0. The number of nitrogens with zero attached hydrogens (tertiary/aromatic N) is 1. The van der Waals surface area contributed by atoms with E-state index in [2.05, 4.69) is 49.6 Å². The van der Waals surface area contributed by atoms with Gasteiger partial charge in [-0.15, -0.1) is 0 Å². The van der Waals surface area contributed by atoms with E-state index in [-0.39, 0.29) is 0 Å². The summed E-state index contributed by atoms with van der Waals surface area (Å²) < 4.78 is 2.62. The monoisotopic (exact) mass is 644 g/mol. The van der Waals surface area contributed by atoms with Gasteiger partial charge in [-0.05, 0) is 32.6 Å². The lowest BCUT2D eigenvalue weighted by Crippen LogP contribution is -2.41. The average molecular weight is 644 g/mol. The SMILES string of the molecule is CCCCCCCCCCCCCCCCCCCC(CCCCCCCCCCCCCC)c1[nH]cc[n+]1C(C)CCCCC. The summed E-state index contributed by atoms with van der Waals surface area (Å²) in [6.07, 6.45) is 54.7. The van der Waals surface area contributed by atoms with Crippen molar-refractivity contribution in [3.8, 4) is 0 Å². The van der Waals surface area contributed by atoms with Crippen molar-refractivity contribution in [3.63, 3.8) is 0 Å². The molecular weight excluding hydrogens is 556 g/mol. The van der Waals surface area contributed by atoms with E-state index >= 15 is 0 Å². The summed E-state index contributed by atoms with van der Waals surface area (Å²) in [6, 6.07) is 0.618. The van der Waals surface area contributed by atoms with Crippen LogP contribution in [0.2, 0.25) is 0 Å². The molecule has 1 N–H and O–H groups in total. The van der Waals surface area contributed by atoms with Gasteiger partial charge in [0, 0.05) is 0 Å². The molecule has 2 unspecified atom stereocenters. The molecule has 46 heavy (non-hydrogen) atoms. The van der Waals surface area contributed by atoms with Crippen LogP contribution in [0.4, 0.5) is 0 Å². The molecule has 272 valence electrons.